The van der Waals surface area contributed by atoms with Gasteiger partial charge in [0.15, 0.2) is 10.7 Å². The first-order valence-corrected chi connectivity index (χ1v) is 12.9. The molecule has 7 nitrogen and oxygen atoms in total. The number of carbonyl (C=O) groups excluding carboxylic acids is 2. The van der Waals surface area contributed by atoms with Crippen LogP contribution in [0.1, 0.15) is 52.2 Å². The third-order valence-electron chi connectivity index (χ3n) is 5.58. The molecular weight excluding hydrogens is 498 g/mol. The summed E-state index contributed by atoms with van der Waals surface area (Å²) in [6.07, 6.45) is 0.998. The maximum atomic E-state index is 13.7. The average molecular weight is 534 g/mol. The van der Waals surface area contributed by atoms with Crippen molar-refractivity contribution in [1.29, 1.82) is 0 Å². The molecule has 0 aliphatic heterocycles. The second-order valence-electron chi connectivity index (χ2n) is 10.5. The molecule has 0 saturated carbocycles. The fraction of sp³-hybridized carbons (Fsp3) is 0.333. The van der Waals surface area contributed by atoms with Crippen LogP contribution in [-0.2, 0) is 26.4 Å². The van der Waals surface area contributed by atoms with Crippen LogP contribution in [0.25, 0.3) is 11.3 Å². The zero-order valence-corrected chi connectivity index (χ0v) is 23.3. The molecule has 1 unspecified atom stereocenters. The Morgan fingerprint density at radius 1 is 0.947 bits per heavy atom. The number of pyridine rings is 1. The quantitative estimate of drug-likeness (QED) is 0.266. The Bertz CT molecular complexity index is 1230. The highest BCUT2D eigenvalue weighted by molar-refractivity contribution is 7.80. The van der Waals surface area contributed by atoms with Gasteiger partial charge in [-0.05, 0) is 61.2 Å². The zero-order valence-electron chi connectivity index (χ0n) is 22.5. The minimum atomic E-state index is -1.37. The number of esters is 1. The number of hydrogen-bond acceptors (Lipinski definition) is 6. The van der Waals surface area contributed by atoms with E-state index >= 15 is 0 Å². The number of benzene rings is 2. The molecule has 1 amide bonds. The van der Waals surface area contributed by atoms with E-state index in [-0.39, 0.29) is 23.2 Å². The molecule has 0 fully saturated rings. The monoisotopic (exact) mass is 533 g/mol. The van der Waals surface area contributed by atoms with Crippen molar-refractivity contribution < 1.29 is 19.1 Å². The molecule has 200 valence electrons. The highest BCUT2D eigenvalue weighted by Gasteiger charge is 2.46. The molecule has 0 bridgehead atoms. The van der Waals surface area contributed by atoms with Crippen LogP contribution >= 0.6 is 12.2 Å². The van der Waals surface area contributed by atoms with E-state index in [0.29, 0.717) is 12.0 Å². The van der Waals surface area contributed by atoms with Crippen LogP contribution in [-0.4, -0.2) is 28.3 Å². The molecule has 0 spiro atoms. The van der Waals surface area contributed by atoms with Gasteiger partial charge >= 0.3 is 12.1 Å². The van der Waals surface area contributed by atoms with E-state index in [1.165, 1.54) is 0 Å². The van der Waals surface area contributed by atoms with E-state index < -0.39 is 17.6 Å². The molecule has 1 heterocycles. The molecule has 1 atom stereocenters. The lowest BCUT2D eigenvalue weighted by atomic mass is 9.75. The number of nitrogens with one attached hydrogen (secondary N) is 2. The SMILES string of the molecule is CC(C)OC(=O)C(CC(C)(C)C)(NC(=S)NC(=O)OCc1ccccc1)c1ccc(-c2ccccn2)cc1. The molecule has 3 rings (SSSR count). The summed E-state index contributed by atoms with van der Waals surface area (Å²) in [7, 11) is 0. The summed E-state index contributed by atoms with van der Waals surface area (Å²) in [6, 6.07) is 22.6. The summed E-state index contributed by atoms with van der Waals surface area (Å²) in [5, 5.41) is 5.63. The molecule has 0 aliphatic rings. The van der Waals surface area contributed by atoms with Gasteiger partial charge in [0.05, 0.1) is 11.8 Å². The number of alkyl carbamates (subject to hydrolysis) is 1. The third-order valence-corrected chi connectivity index (χ3v) is 5.78. The standard InChI is InChI=1S/C30H35N3O4S/c1-21(2)37-26(34)30(20-29(3,4)5,24-16-14-23(15-17-24)25-13-9-10-18-31-25)33-27(38)32-28(35)36-19-22-11-7-6-8-12-22/h6-18,21H,19-20H2,1-5H3,(H2,32,33,35,38). The summed E-state index contributed by atoms with van der Waals surface area (Å²) in [5.74, 6) is -0.491. The van der Waals surface area contributed by atoms with Crippen molar-refractivity contribution in [3.63, 3.8) is 0 Å². The Hall–Kier alpha value is -3.78. The molecule has 2 aromatic carbocycles. The fourth-order valence-electron chi connectivity index (χ4n) is 4.11. The van der Waals surface area contributed by atoms with Gasteiger partial charge in [-0.15, -0.1) is 0 Å². The number of thiocarbonyl (C=S) groups is 1. The number of hydrogen-bond donors (Lipinski definition) is 2. The number of aromatic nitrogens is 1. The normalized spacial score (nSPS) is 12.8. The summed E-state index contributed by atoms with van der Waals surface area (Å²) in [5.41, 5.74) is 1.54. The Morgan fingerprint density at radius 2 is 1.61 bits per heavy atom. The van der Waals surface area contributed by atoms with Crippen LogP contribution < -0.4 is 10.6 Å². The lowest BCUT2D eigenvalue weighted by Crippen LogP contribution is -2.58. The average Bonchev–Trinajstić information content (AvgIpc) is 2.87. The first kappa shape index (κ1) is 28.8. The van der Waals surface area contributed by atoms with Crippen molar-refractivity contribution >= 4 is 29.4 Å². The van der Waals surface area contributed by atoms with Crippen molar-refractivity contribution in [2.24, 2.45) is 5.41 Å². The lowest BCUT2D eigenvalue weighted by Gasteiger charge is -2.39. The third kappa shape index (κ3) is 8.11. The Kier molecular flexibility index (Phi) is 9.58. The van der Waals surface area contributed by atoms with E-state index in [0.717, 1.165) is 16.8 Å². The van der Waals surface area contributed by atoms with Crippen LogP contribution in [0.2, 0.25) is 0 Å². The first-order valence-electron chi connectivity index (χ1n) is 12.5. The van der Waals surface area contributed by atoms with E-state index in [1.807, 2.05) is 93.6 Å². The van der Waals surface area contributed by atoms with Crippen molar-refractivity contribution in [3.05, 3.63) is 90.1 Å². The molecule has 38 heavy (non-hydrogen) atoms. The molecule has 0 saturated heterocycles. The van der Waals surface area contributed by atoms with E-state index in [4.69, 9.17) is 21.7 Å². The van der Waals surface area contributed by atoms with Gasteiger partial charge in [-0.25, -0.2) is 9.59 Å². The first-order chi connectivity index (χ1) is 18.0. The van der Waals surface area contributed by atoms with Gasteiger partial charge in [-0.2, -0.15) is 0 Å². The summed E-state index contributed by atoms with van der Waals surface area (Å²) in [4.78, 5) is 30.6. The second-order valence-corrected chi connectivity index (χ2v) is 10.9. The number of carbonyl (C=O) groups is 2. The Balaban J connectivity index is 1.90. The van der Waals surface area contributed by atoms with E-state index in [2.05, 4.69) is 15.6 Å². The fourth-order valence-corrected chi connectivity index (χ4v) is 4.36. The molecule has 1 aromatic heterocycles. The van der Waals surface area contributed by atoms with Crippen molar-refractivity contribution in [2.75, 3.05) is 0 Å². The molecule has 3 aromatic rings. The van der Waals surface area contributed by atoms with Crippen LogP contribution in [0.15, 0.2) is 79.0 Å². The van der Waals surface area contributed by atoms with Gasteiger partial charge in [0.1, 0.15) is 6.61 Å². The van der Waals surface area contributed by atoms with Gasteiger partial charge in [0.2, 0.25) is 0 Å². The van der Waals surface area contributed by atoms with E-state index in [9.17, 15) is 9.59 Å². The predicted octanol–water partition coefficient (Wildman–Crippen LogP) is 6.13. The molecule has 0 radical (unpaired) electrons. The Morgan fingerprint density at radius 3 is 2.18 bits per heavy atom. The molecule has 8 heteroatoms. The van der Waals surface area contributed by atoms with Crippen molar-refractivity contribution in [3.8, 4) is 11.3 Å². The minimum absolute atomic E-state index is 0.0400. The van der Waals surface area contributed by atoms with Crippen LogP contribution in [0.4, 0.5) is 4.79 Å². The summed E-state index contributed by atoms with van der Waals surface area (Å²) >= 11 is 5.49. The zero-order chi connectivity index (χ0) is 27.8. The van der Waals surface area contributed by atoms with Crippen LogP contribution in [0.3, 0.4) is 0 Å². The molecular formula is C30H35N3O4S. The van der Waals surface area contributed by atoms with Crippen molar-refractivity contribution in [2.45, 2.75) is 59.3 Å². The summed E-state index contributed by atoms with van der Waals surface area (Å²) < 4.78 is 11.0. The number of amides is 1. The number of ether oxygens (including phenoxy) is 2. The van der Waals surface area contributed by atoms with E-state index in [1.54, 1.807) is 20.0 Å². The van der Waals surface area contributed by atoms with Gasteiger partial charge in [-0.3, -0.25) is 10.3 Å². The van der Waals surface area contributed by atoms with Crippen LogP contribution in [0.5, 0.6) is 0 Å². The summed E-state index contributed by atoms with van der Waals surface area (Å²) in [6.45, 7) is 9.76. The molecule has 0 aliphatic carbocycles. The van der Waals surface area contributed by atoms with Gasteiger partial charge < -0.3 is 14.8 Å². The van der Waals surface area contributed by atoms with Gasteiger partial charge in [-0.1, -0.05) is 81.4 Å². The maximum absolute atomic E-state index is 13.7. The molecule has 2 N–H and O–H groups in total. The largest absolute Gasteiger partial charge is 0.461 e. The number of rotatable bonds is 8. The minimum Gasteiger partial charge on any atom is -0.461 e. The van der Waals surface area contributed by atoms with Gasteiger partial charge in [0.25, 0.3) is 0 Å². The lowest BCUT2D eigenvalue weighted by molar-refractivity contribution is -0.157. The van der Waals surface area contributed by atoms with Crippen molar-refractivity contribution in [1.82, 2.24) is 15.6 Å². The highest BCUT2D eigenvalue weighted by atomic mass is 32.1. The number of nitrogens with zero attached hydrogens (tertiary/aromatic N) is 1. The highest BCUT2D eigenvalue weighted by Crippen LogP contribution is 2.37. The topological polar surface area (TPSA) is 89.6 Å². The van der Waals surface area contributed by atoms with Crippen LogP contribution in [0, 0.1) is 5.41 Å². The smallest absolute Gasteiger partial charge is 0.413 e. The predicted molar refractivity (Wildman–Crippen MR) is 152 cm³/mol. The Labute approximate surface area is 230 Å². The maximum Gasteiger partial charge on any atom is 0.413 e. The van der Waals surface area contributed by atoms with Gasteiger partial charge in [0, 0.05) is 11.8 Å². The second kappa shape index (κ2) is 12.6.